The smallest absolute Gasteiger partial charge is 0.119 e. The summed E-state index contributed by atoms with van der Waals surface area (Å²) in [5.74, 6) is 1.56. The first-order valence-corrected chi connectivity index (χ1v) is 7.25. The van der Waals surface area contributed by atoms with Crippen LogP contribution in [0.15, 0.2) is 18.2 Å². The molecule has 1 atom stereocenters. The van der Waals surface area contributed by atoms with Crippen LogP contribution in [0.25, 0.3) is 0 Å². The van der Waals surface area contributed by atoms with Gasteiger partial charge in [0, 0.05) is 18.6 Å². The predicted octanol–water partition coefficient (Wildman–Crippen LogP) is 2.26. The van der Waals surface area contributed by atoms with Crippen molar-refractivity contribution in [2.24, 2.45) is 11.7 Å². The SMILES string of the molecule is COc1ccc2c(c1)CCC(CN)C21CCOCC1. The number of aryl methyl sites for hydroxylation is 1. The summed E-state index contributed by atoms with van der Waals surface area (Å²) in [7, 11) is 1.73. The van der Waals surface area contributed by atoms with Crippen molar-refractivity contribution in [2.75, 3.05) is 26.9 Å². The molecular weight excluding hydrogens is 238 g/mol. The van der Waals surface area contributed by atoms with Crippen molar-refractivity contribution >= 4 is 0 Å². The second-order valence-corrected chi connectivity index (χ2v) is 5.76. The molecule has 2 N–H and O–H groups in total. The van der Waals surface area contributed by atoms with Gasteiger partial charge in [-0.05, 0) is 61.4 Å². The summed E-state index contributed by atoms with van der Waals surface area (Å²) in [5, 5.41) is 0. The number of benzene rings is 1. The Morgan fingerprint density at radius 1 is 1.37 bits per heavy atom. The number of nitrogens with two attached hydrogens (primary N) is 1. The molecule has 1 aromatic rings. The molecule has 1 aliphatic heterocycles. The predicted molar refractivity (Wildman–Crippen MR) is 75.6 cm³/mol. The highest BCUT2D eigenvalue weighted by molar-refractivity contribution is 5.43. The van der Waals surface area contributed by atoms with E-state index in [2.05, 4.69) is 18.2 Å². The Kier molecular flexibility index (Phi) is 3.50. The molecule has 3 heteroatoms. The molecule has 1 heterocycles. The van der Waals surface area contributed by atoms with Crippen molar-refractivity contribution in [3.63, 3.8) is 0 Å². The largest absolute Gasteiger partial charge is 0.497 e. The second-order valence-electron chi connectivity index (χ2n) is 5.76. The summed E-state index contributed by atoms with van der Waals surface area (Å²) in [5.41, 5.74) is 9.25. The van der Waals surface area contributed by atoms with Crippen LogP contribution in [0.1, 0.15) is 30.4 Å². The van der Waals surface area contributed by atoms with Crippen molar-refractivity contribution in [1.82, 2.24) is 0 Å². The molecule has 0 bridgehead atoms. The molecule has 0 radical (unpaired) electrons. The molecule has 1 aromatic carbocycles. The molecule has 3 nitrogen and oxygen atoms in total. The van der Waals surface area contributed by atoms with E-state index in [1.54, 1.807) is 7.11 Å². The van der Waals surface area contributed by atoms with Gasteiger partial charge in [-0.25, -0.2) is 0 Å². The third-order valence-corrected chi connectivity index (χ3v) is 5.06. The van der Waals surface area contributed by atoms with E-state index < -0.39 is 0 Å². The lowest BCUT2D eigenvalue weighted by Crippen LogP contribution is -2.46. The molecule has 1 saturated heterocycles. The maximum atomic E-state index is 6.06. The van der Waals surface area contributed by atoms with Crippen LogP contribution in [0, 0.1) is 5.92 Å². The molecule has 19 heavy (non-hydrogen) atoms. The molecule has 2 aliphatic rings. The minimum absolute atomic E-state index is 0.243. The fraction of sp³-hybridized carbons (Fsp3) is 0.625. The highest BCUT2D eigenvalue weighted by atomic mass is 16.5. The van der Waals surface area contributed by atoms with E-state index in [4.69, 9.17) is 15.2 Å². The summed E-state index contributed by atoms with van der Waals surface area (Å²) in [4.78, 5) is 0. The van der Waals surface area contributed by atoms with Crippen LogP contribution < -0.4 is 10.5 Å². The maximum absolute atomic E-state index is 6.06. The van der Waals surface area contributed by atoms with Crippen LogP contribution in [0.2, 0.25) is 0 Å². The lowest BCUT2D eigenvalue weighted by atomic mass is 9.59. The lowest BCUT2D eigenvalue weighted by molar-refractivity contribution is 0.0214. The zero-order valence-electron chi connectivity index (χ0n) is 11.7. The van der Waals surface area contributed by atoms with E-state index in [0.29, 0.717) is 5.92 Å². The fourth-order valence-corrected chi connectivity index (χ4v) is 3.97. The first kappa shape index (κ1) is 12.9. The van der Waals surface area contributed by atoms with E-state index in [1.165, 1.54) is 17.5 Å². The highest BCUT2D eigenvalue weighted by Crippen LogP contribution is 2.48. The molecule has 3 rings (SSSR count). The van der Waals surface area contributed by atoms with Gasteiger partial charge in [0.2, 0.25) is 0 Å². The van der Waals surface area contributed by atoms with E-state index in [9.17, 15) is 0 Å². The van der Waals surface area contributed by atoms with Gasteiger partial charge in [0.05, 0.1) is 7.11 Å². The van der Waals surface area contributed by atoms with Crippen molar-refractivity contribution in [2.45, 2.75) is 31.1 Å². The lowest BCUT2D eigenvalue weighted by Gasteiger charge is -2.47. The number of methoxy groups -OCH3 is 1. The number of ether oxygens (including phenoxy) is 2. The highest BCUT2D eigenvalue weighted by Gasteiger charge is 2.44. The third kappa shape index (κ3) is 2.05. The minimum atomic E-state index is 0.243. The summed E-state index contributed by atoms with van der Waals surface area (Å²) in [6, 6.07) is 6.57. The van der Waals surface area contributed by atoms with Crippen molar-refractivity contribution in [3.8, 4) is 5.75 Å². The third-order valence-electron chi connectivity index (χ3n) is 5.06. The first-order valence-electron chi connectivity index (χ1n) is 7.25. The summed E-state index contributed by atoms with van der Waals surface area (Å²) >= 11 is 0. The van der Waals surface area contributed by atoms with Crippen LogP contribution in [-0.2, 0) is 16.6 Å². The number of rotatable bonds is 2. The maximum Gasteiger partial charge on any atom is 0.119 e. The molecular formula is C16H23NO2. The van der Waals surface area contributed by atoms with E-state index in [-0.39, 0.29) is 5.41 Å². The second kappa shape index (κ2) is 5.14. The molecule has 104 valence electrons. The Balaban J connectivity index is 2.05. The average Bonchev–Trinajstić information content (AvgIpc) is 2.48. The Bertz CT molecular complexity index is 452. The molecule has 0 amide bonds. The summed E-state index contributed by atoms with van der Waals surface area (Å²) in [6.07, 6.45) is 4.52. The quantitative estimate of drug-likeness (QED) is 0.888. The van der Waals surface area contributed by atoms with Gasteiger partial charge in [0.1, 0.15) is 5.75 Å². The van der Waals surface area contributed by atoms with Gasteiger partial charge in [-0.15, -0.1) is 0 Å². The number of fused-ring (bicyclic) bond motifs is 2. The van der Waals surface area contributed by atoms with Crippen LogP contribution >= 0.6 is 0 Å². The monoisotopic (exact) mass is 261 g/mol. The van der Waals surface area contributed by atoms with Gasteiger partial charge < -0.3 is 15.2 Å². The Hall–Kier alpha value is -1.06. The van der Waals surface area contributed by atoms with Crippen LogP contribution in [0.3, 0.4) is 0 Å². The van der Waals surface area contributed by atoms with E-state index in [1.807, 2.05) is 0 Å². The Morgan fingerprint density at radius 3 is 2.84 bits per heavy atom. The fourth-order valence-electron chi connectivity index (χ4n) is 3.97. The zero-order valence-corrected chi connectivity index (χ0v) is 11.7. The van der Waals surface area contributed by atoms with Gasteiger partial charge in [-0.2, -0.15) is 0 Å². The van der Waals surface area contributed by atoms with Crippen molar-refractivity contribution in [3.05, 3.63) is 29.3 Å². The van der Waals surface area contributed by atoms with Gasteiger partial charge in [-0.1, -0.05) is 6.07 Å². The zero-order chi connectivity index (χ0) is 13.3. The van der Waals surface area contributed by atoms with E-state index in [0.717, 1.165) is 44.8 Å². The van der Waals surface area contributed by atoms with Crippen LogP contribution in [0.4, 0.5) is 0 Å². The van der Waals surface area contributed by atoms with Gasteiger partial charge >= 0.3 is 0 Å². The van der Waals surface area contributed by atoms with Crippen LogP contribution in [-0.4, -0.2) is 26.9 Å². The molecule has 1 aliphatic carbocycles. The molecule has 0 saturated carbocycles. The van der Waals surface area contributed by atoms with Crippen molar-refractivity contribution in [1.29, 1.82) is 0 Å². The number of hydrogen-bond donors (Lipinski definition) is 1. The van der Waals surface area contributed by atoms with Crippen LogP contribution in [0.5, 0.6) is 5.75 Å². The molecule has 1 unspecified atom stereocenters. The molecule has 0 aromatic heterocycles. The van der Waals surface area contributed by atoms with Gasteiger partial charge in [-0.3, -0.25) is 0 Å². The first-order chi connectivity index (χ1) is 9.30. The Morgan fingerprint density at radius 2 is 2.16 bits per heavy atom. The Labute approximate surface area is 115 Å². The van der Waals surface area contributed by atoms with E-state index >= 15 is 0 Å². The standard InChI is InChI=1S/C16H23NO2/c1-18-14-4-5-15-12(10-14)2-3-13(11-17)16(15)6-8-19-9-7-16/h4-5,10,13H,2-3,6-9,11,17H2,1H3. The minimum Gasteiger partial charge on any atom is -0.497 e. The normalized spacial score (nSPS) is 25.1. The summed E-state index contributed by atoms with van der Waals surface area (Å²) < 4.78 is 10.9. The average molecular weight is 261 g/mol. The van der Waals surface area contributed by atoms with Gasteiger partial charge in [0.25, 0.3) is 0 Å². The summed E-state index contributed by atoms with van der Waals surface area (Å²) in [6.45, 7) is 2.51. The van der Waals surface area contributed by atoms with Crippen molar-refractivity contribution < 1.29 is 9.47 Å². The molecule has 1 fully saturated rings. The van der Waals surface area contributed by atoms with Gasteiger partial charge in [0.15, 0.2) is 0 Å². The topological polar surface area (TPSA) is 44.5 Å². The molecule has 1 spiro atoms. The number of hydrogen-bond acceptors (Lipinski definition) is 3.